The van der Waals surface area contributed by atoms with Crippen molar-refractivity contribution in [1.82, 2.24) is 0 Å². The maximum atomic E-state index is 9.87. The van der Waals surface area contributed by atoms with E-state index in [0.29, 0.717) is 11.4 Å². The van der Waals surface area contributed by atoms with Gasteiger partial charge in [-0.25, -0.2) is 0 Å². The number of nitrogen functional groups attached to an aromatic ring is 1. The van der Waals surface area contributed by atoms with Crippen molar-refractivity contribution in [3.63, 3.8) is 0 Å². The van der Waals surface area contributed by atoms with Crippen LogP contribution in [0.15, 0.2) is 18.2 Å². The minimum Gasteiger partial charge on any atom is -0.497 e. The van der Waals surface area contributed by atoms with Gasteiger partial charge < -0.3 is 20.3 Å². The minimum atomic E-state index is -1.06. The van der Waals surface area contributed by atoms with Crippen LogP contribution in [0.25, 0.3) is 0 Å². The zero-order valence-corrected chi connectivity index (χ0v) is 10.6. The number of hydrogen-bond donors (Lipinski definition) is 2. The van der Waals surface area contributed by atoms with Gasteiger partial charge in [-0.3, -0.25) is 9.59 Å². The SMILES string of the molecule is CC(=O)CC(=O)O.COc1ccc(N)c(OC)c1. The summed E-state index contributed by atoms with van der Waals surface area (Å²) in [5, 5.41) is 7.86. The van der Waals surface area contributed by atoms with E-state index >= 15 is 0 Å². The minimum absolute atomic E-state index is 0.312. The lowest BCUT2D eigenvalue weighted by atomic mass is 10.3. The molecule has 1 aromatic carbocycles. The molecule has 0 aliphatic carbocycles. The number of Topliss-reactive ketones (excluding diaryl/α,β-unsaturated/α-hetero) is 1. The number of carbonyl (C=O) groups excluding carboxylic acids is 1. The summed E-state index contributed by atoms with van der Waals surface area (Å²) >= 11 is 0. The molecular formula is C12H17NO5. The second-order valence-electron chi connectivity index (χ2n) is 3.38. The first-order valence-corrected chi connectivity index (χ1v) is 5.09. The number of rotatable bonds is 4. The predicted octanol–water partition coefficient (Wildman–Crippen LogP) is 1.34. The number of ketones is 1. The van der Waals surface area contributed by atoms with Crippen molar-refractivity contribution < 1.29 is 24.2 Å². The number of carbonyl (C=O) groups is 2. The van der Waals surface area contributed by atoms with E-state index in [-0.39, 0.29) is 12.2 Å². The van der Waals surface area contributed by atoms with Gasteiger partial charge in [0.05, 0.1) is 19.9 Å². The summed E-state index contributed by atoms with van der Waals surface area (Å²) in [7, 11) is 3.18. The molecule has 3 N–H and O–H groups in total. The lowest BCUT2D eigenvalue weighted by molar-refractivity contribution is -0.139. The molecule has 0 bridgehead atoms. The van der Waals surface area contributed by atoms with Crippen LogP contribution in [0.2, 0.25) is 0 Å². The van der Waals surface area contributed by atoms with Gasteiger partial charge in [0.2, 0.25) is 0 Å². The van der Waals surface area contributed by atoms with Crippen LogP contribution in [0.3, 0.4) is 0 Å². The van der Waals surface area contributed by atoms with E-state index in [9.17, 15) is 9.59 Å². The Balaban J connectivity index is 0.000000360. The van der Waals surface area contributed by atoms with Crippen molar-refractivity contribution in [1.29, 1.82) is 0 Å². The lowest BCUT2D eigenvalue weighted by Crippen LogP contribution is -2.00. The van der Waals surface area contributed by atoms with Gasteiger partial charge in [-0.2, -0.15) is 0 Å². The molecule has 6 heteroatoms. The molecule has 1 rings (SSSR count). The highest BCUT2D eigenvalue weighted by atomic mass is 16.5. The predicted molar refractivity (Wildman–Crippen MR) is 66.9 cm³/mol. The molecule has 0 radical (unpaired) electrons. The summed E-state index contributed by atoms with van der Waals surface area (Å²) in [6.45, 7) is 1.24. The quantitative estimate of drug-likeness (QED) is 0.622. The van der Waals surface area contributed by atoms with E-state index in [2.05, 4.69) is 0 Å². The van der Waals surface area contributed by atoms with Gasteiger partial charge in [0.15, 0.2) is 0 Å². The number of benzene rings is 1. The fourth-order valence-electron chi connectivity index (χ4n) is 1.03. The standard InChI is InChI=1S/C8H11NO2.C4H6O3/c1-10-6-3-4-7(9)8(5-6)11-2;1-3(5)2-4(6)7/h3-5H,9H2,1-2H3;2H2,1H3,(H,6,7). The number of methoxy groups -OCH3 is 2. The molecule has 0 fully saturated rings. The summed E-state index contributed by atoms with van der Waals surface area (Å²) in [5.41, 5.74) is 6.19. The number of nitrogens with two attached hydrogens (primary N) is 1. The fraction of sp³-hybridized carbons (Fsp3) is 0.333. The molecule has 0 saturated heterocycles. The first kappa shape index (κ1) is 15.8. The van der Waals surface area contributed by atoms with Crippen LogP contribution in [-0.4, -0.2) is 31.1 Å². The molecule has 0 aliphatic heterocycles. The molecule has 0 spiro atoms. The molecular weight excluding hydrogens is 238 g/mol. The molecule has 0 atom stereocenters. The lowest BCUT2D eigenvalue weighted by Gasteiger charge is -2.05. The van der Waals surface area contributed by atoms with Crippen molar-refractivity contribution in [2.24, 2.45) is 0 Å². The second-order valence-corrected chi connectivity index (χ2v) is 3.38. The summed E-state index contributed by atoms with van der Waals surface area (Å²) < 4.78 is 9.96. The topological polar surface area (TPSA) is 98.9 Å². The van der Waals surface area contributed by atoms with Crippen molar-refractivity contribution in [2.75, 3.05) is 20.0 Å². The number of ether oxygens (including phenoxy) is 2. The highest BCUT2D eigenvalue weighted by Gasteiger charge is 1.99. The van der Waals surface area contributed by atoms with Crippen molar-refractivity contribution >= 4 is 17.4 Å². The number of anilines is 1. The van der Waals surface area contributed by atoms with E-state index in [1.54, 1.807) is 32.4 Å². The Labute approximate surface area is 105 Å². The summed E-state index contributed by atoms with van der Waals surface area (Å²) in [4.78, 5) is 19.5. The second kappa shape index (κ2) is 7.94. The summed E-state index contributed by atoms with van der Waals surface area (Å²) in [6.07, 6.45) is -0.361. The van der Waals surface area contributed by atoms with Crippen LogP contribution in [0.4, 0.5) is 5.69 Å². The monoisotopic (exact) mass is 255 g/mol. The maximum Gasteiger partial charge on any atom is 0.310 e. The van der Waals surface area contributed by atoms with Crippen molar-refractivity contribution in [3.05, 3.63) is 18.2 Å². The molecule has 6 nitrogen and oxygen atoms in total. The van der Waals surface area contributed by atoms with Crippen LogP contribution in [0.5, 0.6) is 11.5 Å². The van der Waals surface area contributed by atoms with Crippen LogP contribution in [0, 0.1) is 0 Å². The first-order chi connectivity index (χ1) is 8.40. The van der Waals surface area contributed by atoms with E-state index in [4.69, 9.17) is 20.3 Å². The Bertz CT molecular complexity index is 405. The Morgan fingerprint density at radius 3 is 2.22 bits per heavy atom. The van der Waals surface area contributed by atoms with E-state index < -0.39 is 5.97 Å². The highest BCUT2D eigenvalue weighted by molar-refractivity contribution is 5.93. The van der Waals surface area contributed by atoms with Crippen LogP contribution >= 0.6 is 0 Å². The third-order valence-corrected chi connectivity index (χ3v) is 1.84. The van der Waals surface area contributed by atoms with Crippen molar-refractivity contribution in [3.8, 4) is 11.5 Å². The van der Waals surface area contributed by atoms with Gasteiger partial charge >= 0.3 is 5.97 Å². The van der Waals surface area contributed by atoms with E-state index in [1.807, 2.05) is 0 Å². The van der Waals surface area contributed by atoms with E-state index in [0.717, 1.165) is 5.75 Å². The van der Waals surface area contributed by atoms with Gasteiger partial charge in [0.1, 0.15) is 23.7 Å². The number of hydrogen-bond acceptors (Lipinski definition) is 5. The molecule has 18 heavy (non-hydrogen) atoms. The summed E-state index contributed by atoms with van der Waals surface area (Å²) in [5.74, 6) is 0.0143. The molecule has 0 amide bonds. The van der Waals surface area contributed by atoms with Gasteiger partial charge in [0, 0.05) is 6.07 Å². The van der Waals surface area contributed by atoms with Gasteiger partial charge in [-0.15, -0.1) is 0 Å². The van der Waals surface area contributed by atoms with Crippen LogP contribution in [0.1, 0.15) is 13.3 Å². The zero-order valence-electron chi connectivity index (χ0n) is 10.6. The zero-order chi connectivity index (χ0) is 14.1. The molecule has 0 heterocycles. The Morgan fingerprint density at radius 1 is 1.28 bits per heavy atom. The van der Waals surface area contributed by atoms with Crippen LogP contribution in [-0.2, 0) is 9.59 Å². The maximum absolute atomic E-state index is 9.87. The normalized spacial score (nSPS) is 8.83. The average molecular weight is 255 g/mol. The largest absolute Gasteiger partial charge is 0.497 e. The fourth-order valence-corrected chi connectivity index (χ4v) is 1.03. The molecule has 0 aliphatic rings. The molecule has 1 aromatic rings. The van der Waals surface area contributed by atoms with Gasteiger partial charge in [-0.05, 0) is 19.1 Å². The Morgan fingerprint density at radius 2 is 1.89 bits per heavy atom. The van der Waals surface area contributed by atoms with Crippen LogP contribution < -0.4 is 15.2 Å². The molecule has 100 valence electrons. The smallest absolute Gasteiger partial charge is 0.310 e. The average Bonchev–Trinajstić information content (AvgIpc) is 2.28. The first-order valence-electron chi connectivity index (χ1n) is 5.09. The Kier molecular flexibility index (Phi) is 6.95. The highest BCUT2D eigenvalue weighted by Crippen LogP contribution is 2.25. The van der Waals surface area contributed by atoms with Gasteiger partial charge in [-0.1, -0.05) is 0 Å². The number of aliphatic carboxylic acids is 1. The van der Waals surface area contributed by atoms with E-state index in [1.165, 1.54) is 6.92 Å². The third-order valence-electron chi connectivity index (χ3n) is 1.84. The van der Waals surface area contributed by atoms with Crippen molar-refractivity contribution in [2.45, 2.75) is 13.3 Å². The number of carboxylic acids is 1. The molecule has 0 aromatic heterocycles. The number of carboxylic acid groups (broad SMARTS) is 1. The third kappa shape index (κ3) is 6.37. The molecule has 0 saturated carbocycles. The summed E-state index contributed by atoms with van der Waals surface area (Å²) in [6, 6.07) is 5.28. The van der Waals surface area contributed by atoms with Gasteiger partial charge in [0.25, 0.3) is 0 Å². The molecule has 0 unspecified atom stereocenters. The Hall–Kier alpha value is -2.24.